The van der Waals surface area contributed by atoms with E-state index >= 15 is 0 Å². The van der Waals surface area contributed by atoms with E-state index in [1.807, 2.05) is 24.3 Å². The molecule has 0 unspecified atom stereocenters. The average Bonchev–Trinajstić information content (AvgIpc) is 2.92. The Balaban J connectivity index is 1.69. The molecule has 0 radical (unpaired) electrons. The number of aromatic nitrogens is 1. The predicted molar refractivity (Wildman–Crippen MR) is 153 cm³/mol. The van der Waals surface area contributed by atoms with Crippen LogP contribution in [0.15, 0.2) is 120 Å². The molecule has 1 aromatic heterocycles. The lowest BCUT2D eigenvalue weighted by Crippen LogP contribution is -1.93. The summed E-state index contributed by atoms with van der Waals surface area (Å²) in [6.07, 6.45) is 0. The minimum absolute atomic E-state index is 0.254. The second-order valence-electron chi connectivity index (χ2n) is 9.05. The Kier molecular flexibility index (Phi) is 4.86. The molecule has 0 saturated heterocycles. The molecule has 0 N–H and O–H groups in total. The van der Waals surface area contributed by atoms with Gasteiger partial charge in [0.05, 0.1) is 11.2 Å². The quantitative estimate of drug-likeness (QED) is 0.204. The van der Waals surface area contributed by atoms with Gasteiger partial charge in [-0.25, -0.2) is 9.37 Å². The zero-order valence-corrected chi connectivity index (χ0v) is 20.8. The van der Waals surface area contributed by atoms with Crippen molar-refractivity contribution in [1.29, 1.82) is 0 Å². The van der Waals surface area contributed by atoms with Gasteiger partial charge in [-0.05, 0) is 75.1 Å². The summed E-state index contributed by atoms with van der Waals surface area (Å²) in [6, 6.07) is 38.6. The Morgan fingerprint density at radius 3 is 1.81 bits per heavy atom. The molecule has 7 rings (SSSR count). The minimum Gasteiger partial charge on any atom is -0.247 e. The molecule has 36 heavy (non-hydrogen) atoms. The first-order chi connectivity index (χ1) is 17.7. The maximum atomic E-state index is 13.9. The van der Waals surface area contributed by atoms with E-state index in [4.69, 9.17) is 4.98 Å². The Hall–Kier alpha value is -4.08. The Morgan fingerprint density at radius 1 is 0.500 bits per heavy atom. The Labute approximate surface area is 216 Å². The number of halogens is 2. The number of rotatable bonds is 2. The summed E-state index contributed by atoms with van der Waals surface area (Å²) in [6.45, 7) is 0. The monoisotopic (exact) mass is 527 g/mol. The zero-order valence-electron chi connectivity index (χ0n) is 19.2. The van der Waals surface area contributed by atoms with Crippen molar-refractivity contribution in [2.45, 2.75) is 0 Å². The van der Waals surface area contributed by atoms with Crippen molar-refractivity contribution in [3.63, 3.8) is 0 Å². The van der Waals surface area contributed by atoms with Crippen LogP contribution in [0.4, 0.5) is 4.39 Å². The summed E-state index contributed by atoms with van der Waals surface area (Å²) in [5.74, 6) is -0.254. The third kappa shape index (κ3) is 3.31. The highest BCUT2D eigenvalue weighted by molar-refractivity contribution is 9.10. The molecule has 0 aliphatic carbocycles. The van der Waals surface area contributed by atoms with Gasteiger partial charge in [-0.1, -0.05) is 88.7 Å². The van der Waals surface area contributed by atoms with Gasteiger partial charge in [0.2, 0.25) is 0 Å². The first-order valence-electron chi connectivity index (χ1n) is 11.9. The average molecular weight is 528 g/mol. The van der Waals surface area contributed by atoms with Gasteiger partial charge in [-0.15, -0.1) is 0 Å². The third-order valence-corrected chi connectivity index (χ3v) is 7.44. The molecule has 0 aliphatic rings. The fourth-order valence-corrected chi connectivity index (χ4v) is 5.74. The van der Waals surface area contributed by atoms with E-state index in [2.05, 4.69) is 94.8 Å². The van der Waals surface area contributed by atoms with Crippen LogP contribution < -0.4 is 0 Å². The van der Waals surface area contributed by atoms with Gasteiger partial charge in [0.15, 0.2) is 0 Å². The largest absolute Gasteiger partial charge is 0.247 e. The van der Waals surface area contributed by atoms with Gasteiger partial charge in [-0.2, -0.15) is 0 Å². The van der Waals surface area contributed by atoms with Crippen LogP contribution in [0.25, 0.3) is 65.6 Å². The topological polar surface area (TPSA) is 12.9 Å². The Bertz CT molecular complexity index is 1960. The minimum atomic E-state index is -0.254. The van der Waals surface area contributed by atoms with Crippen LogP contribution in [-0.4, -0.2) is 4.98 Å². The molecule has 0 bridgehead atoms. The molecule has 0 fully saturated rings. The molecule has 3 heteroatoms. The molecule has 1 nitrogen and oxygen atoms in total. The van der Waals surface area contributed by atoms with E-state index in [0.29, 0.717) is 0 Å². The van der Waals surface area contributed by atoms with Gasteiger partial charge in [0.1, 0.15) is 5.82 Å². The molecule has 0 spiro atoms. The zero-order chi connectivity index (χ0) is 24.2. The lowest BCUT2D eigenvalue weighted by Gasteiger charge is -2.17. The molecular weight excluding hydrogens is 509 g/mol. The van der Waals surface area contributed by atoms with Gasteiger partial charge < -0.3 is 0 Å². The number of hydrogen-bond acceptors (Lipinski definition) is 1. The van der Waals surface area contributed by atoms with Crippen LogP contribution in [-0.2, 0) is 0 Å². The number of nitrogens with zero attached hydrogens (tertiary/aromatic N) is 1. The van der Waals surface area contributed by atoms with E-state index < -0.39 is 0 Å². The third-order valence-electron chi connectivity index (χ3n) is 6.94. The highest BCUT2D eigenvalue weighted by atomic mass is 79.9. The first-order valence-corrected chi connectivity index (χ1v) is 12.7. The maximum absolute atomic E-state index is 13.9. The number of benzene rings is 6. The van der Waals surface area contributed by atoms with Gasteiger partial charge >= 0.3 is 0 Å². The van der Waals surface area contributed by atoms with E-state index in [1.165, 1.54) is 33.7 Å². The first kappa shape index (κ1) is 21.2. The standard InChI is InChI=1S/C33H19BrFN/c34-23-7-5-6-21(18-23)22-14-17-29-30(19-22)36-33(20-12-15-24(35)16-13-20)32-28-11-4-2-9-26(28)25-8-1-3-10-27(25)31(29)32/h1-19H. The molecule has 0 amide bonds. The number of pyridine rings is 1. The molecule has 0 saturated carbocycles. The van der Waals surface area contributed by atoms with Gasteiger partial charge in [0, 0.05) is 26.2 Å². The van der Waals surface area contributed by atoms with Gasteiger partial charge in [0.25, 0.3) is 0 Å². The van der Waals surface area contributed by atoms with Crippen molar-refractivity contribution in [3.05, 3.63) is 126 Å². The fraction of sp³-hybridized carbons (Fsp3) is 0. The summed E-state index contributed by atoms with van der Waals surface area (Å²) in [5.41, 5.74) is 4.91. The molecule has 7 aromatic rings. The van der Waals surface area contributed by atoms with Crippen LogP contribution in [0, 0.1) is 5.82 Å². The lowest BCUT2D eigenvalue weighted by molar-refractivity contribution is 0.628. The lowest BCUT2D eigenvalue weighted by atomic mass is 9.89. The fourth-order valence-electron chi connectivity index (χ4n) is 5.34. The van der Waals surface area contributed by atoms with E-state index in [0.717, 1.165) is 48.5 Å². The summed E-state index contributed by atoms with van der Waals surface area (Å²) < 4.78 is 14.9. The smallest absolute Gasteiger partial charge is 0.123 e. The Morgan fingerprint density at radius 2 is 1.11 bits per heavy atom. The van der Waals surface area contributed by atoms with Crippen LogP contribution in [0.5, 0.6) is 0 Å². The van der Waals surface area contributed by atoms with E-state index in [1.54, 1.807) is 0 Å². The highest BCUT2D eigenvalue weighted by Crippen LogP contribution is 2.43. The second-order valence-corrected chi connectivity index (χ2v) is 9.97. The number of hydrogen-bond donors (Lipinski definition) is 0. The highest BCUT2D eigenvalue weighted by Gasteiger charge is 2.18. The van der Waals surface area contributed by atoms with Crippen molar-refractivity contribution in [2.75, 3.05) is 0 Å². The van der Waals surface area contributed by atoms with Crippen LogP contribution in [0.3, 0.4) is 0 Å². The summed E-state index contributed by atoms with van der Waals surface area (Å²) >= 11 is 3.59. The van der Waals surface area contributed by atoms with Crippen molar-refractivity contribution in [2.24, 2.45) is 0 Å². The van der Waals surface area contributed by atoms with Gasteiger partial charge in [-0.3, -0.25) is 0 Å². The summed E-state index contributed by atoms with van der Waals surface area (Å²) in [5, 5.41) is 8.13. The molecule has 6 aromatic carbocycles. The second kappa shape index (κ2) is 8.25. The molecule has 1 heterocycles. The van der Waals surface area contributed by atoms with E-state index in [-0.39, 0.29) is 5.82 Å². The van der Waals surface area contributed by atoms with E-state index in [9.17, 15) is 4.39 Å². The summed E-state index contributed by atoms with van der Waals surface area (Å²) in [4.78, 5) is 5.23. The van der Waals surface area contributed by atoms with Crippen LogP contribution in [0.2, 0.25) is 0 Å². The molecule has 0 aliphatic heterocycles. The van der Waals surface area contributed by atoms with Crippen LogP contribution in [0.1, 0.15) is 0 Å². The number of fused-ring (bicyclic) bond motifs is 8. The maximum Gasteiger partial charge on any atom is 0.123 e. The van der Waals surface area contributed by atoms with Crippen molar-refractivity contribution in [3.8, 4) is 22.4 Å². The molecule has 0 atom stereocenters. The van der Waals surface area contributed by atoms with Crippen molar-refractivity contribution < 1.29 is 4.39 Å². The SMILES string of the molecule is Fc1ccc(-c2nc3cc(-c4cccc(Br)c4)ccc3c3c4ccccc4c4ccccc4c23)cc1. The van der Waals surface area contributed by atoms with Crippen LogP contribution >= 0.6 is 15.9 Å². The molecular formula is C33H19BrFN. The van der Waals surface area contributed by atoms with Crippen molar-refractivity contribution in [1.82, 2.24) is 4.98 Å². The molecule has 170 valence electrons. The van der Waals surface area contributed by atoms with Crippen molar-refractivity contribution >= 4 is 59.2 Å². The summed E-state index contributed by atoms with van der Waals surface area (Å²) in [7, 11) is 0. The predicted octanol–water partition coefficient (Wildman–Crippen LogP) is 9.93. The normalized spacial score (nSPS) is 11.6.